The molecule has 5 aliphatic rings. The van der Waals surface area contributed by atoms with E-state index in [1.807, 2.05) is 0 Å². The van der Waals surface area contributed by atoms with Crippen molar-refractivity contribution in [2.24, 2.45) is 11.7 Å². The van der Waals surface area contributed by atoms with Crippen LogP contribution >= 0.6 is 0 Å². The summed E-state index contributed by atoms with van der Waals surface area (Å²) in [6.07, 6.45) is 41.7. The summed E-state index contributed by atoms with van der Waals surface area (Å²) in [5.41, 5.74) is 20.0. The van der Waals surface area contributed by atoms with Crippen LogP contribution < -0.4 is 21.3 Å². The van der Waals surface area contributed by atoms with Gasteiger partial charge in [0.05, 0.1) is 5.70 Å². The average Bonchev–Trinajstić information content (AvgIpc) is 3.17. The molecule has 0 saturated carbocycles. The van der Waals surface area contributed by atoms with E-state index in [1.165, 1.54) is 56.1 Å². The van der Waals surface area contributed by atoms with Crippen molar-refractivity contribution in [2.45, 2.75) is 51.5 Å². The molecule has 0 fully saturated rings. The van der Waals surface area contributed by atoms with Crippen LogP contribution in [0.25, 0.3) is 5.57 Å². The van der Waals surface area contributed by atoms with Crippen LogP contribution in [0, 0.1) is 5.92 Å². The molecule has 1 aliphatic heterocycles. The summed E-state index contributed by atoms with van der Waals surface area (Å²) in [6.45, 7) is 3.00. The summed E-state index contributed by atoms with van der Waals surface area (Å²) in [5, 5.41) is 7.35. The number of nitrogens with one attached hydrogen (secondary N) is 2. The molecule has 0 aromatic heterocycles. The third-order valence-corrected chi connectivity index (χ3v) is 10.1. The Hall–Kier alpha value is -5.48. The van der Waals surface area contributed by atoms with Gasteiger partial charge < -0.3 is 21.3 Å². The van der Waals surface area contributed by atoms with Gasteiger partial charge in [0.2, 0.25) is 0 Å². The molecule has 0 amide bonds. The number of benzene rings is 2. The van der Waals surface area contributed by atoms with Crippen molar-refractivity contribution in [1.82, 2.24) is 10.6 Å². The molecule has 7 rings (SSSR count). The number of hydrogen-bond donors (Lipinski definition) is 3. The lowest BCUT2D eigenvalue weighted by Crippen LogP contribution is -2.28. The normalized spacial score (nSPS) is 24.3. The van der Waals surface area contributed by atoms with E-state index in [9.17, 15) is 0 Å². The van der Waals surface area contributed by atoms with Gasteiger partial charge in [-0.05, 0) is 109 Å². The summed E-state index contributed by atoms with van der Waals surface area (Å²) in [6, 6.07) is 19.7. The van der Waals surface area contributed by atoms with Gasteiger partial charge >= 0.3 is 0 Å². The summed E-state index contributed by atoms with van der Waals surface area (Å²) < 4.78 is 0. The molecular formula is C46H48N4. The quantitative estimate of drug-likeness (QED) is 0.251. The molecule has 0 radical (unpaired) electrons. The fraction of sp³-hybridized carbons (Fsp3) is 0.217. The van der Waals surface area contributed by atoms with E-state index in [2.05, 4.69) is 168 Å². The second-order valence-electron chi connectivity index (χ2n) is 13.5. The Balaban J connectivity index is 1.07. The first kappa shape index (κ1) is 33.0. The van der Waals surface area contributed by atoms with Crippen LogP contribution in [0.4, 0.5) is 11.4 Å². The number of allylic oxidation sites excluding steroid dienone is 17. The van der Waals surface area contributed by atoms with Crippen LogP contribution in [0.2, 0.25) is 0 Å². The van der Waals surface area contributed by atoms with Crippen molar-refractivity contribution in [3.8, 4) is 0 Å². The molecule has 4 aliphatic carbocycles. The maximum absolute atomic E-state index is 6.15. The molecule has 50 heavy (non-hydrogen) atoms. The Morgan fingerprint density at radius 2 is 1.78 bits per heavy atom. The van der Waals surface area contributed by atoms with E-state index in [4.69, 9.17) is 5.73 Å². The number of fused-ring (bicyclic) bond motifs is 1. The lowest BCUT2D eigenvalue weighted by atomic mass is 9.80. The third kappa shape index (κ3) is 7.71. The SMILES string of the molecule is C\C1=C/C(/C=C\NC2=C(C3=CC=CC(C4=CCCC(/C(=C/N)N[C@H]5C=CC=CC5)=C4)C3)CCC=C2)=C\CN(c2ccccc2)c2ccccc21. The Morgan fingerprint density at radius 1 is 0.900 bits per heavy atom. The van der Waals surface area contributed by atoms with Crippen LogP contribution in [0.15, 0.2) is 191 Å². The van der Waals surface area contributed by atoms with Gasteiger partial charge in [-0.1, -0.05) is 109 Å². The molecule has 2 aromatic rings. The molecule has 0 spiro atoms. The Morgan fingerprint density at radius 3 is 2.64 bits per heavy atom. The highest BCUT2D eigenvalue weighted by atomic mass is 15.1. The molecule has 4 heteroatoms. The number of para-hydroxylation sites is 2. The summed E-state index contributed by atoms with van der Waals surface area (Å²) in [4.78, 5) is 2.40. The molecule has 252 valence electrons. The van der Waals surface area contributed by atoms with Crippen LogP contribution in [0.3, 0.4) is 0 Å². The number of hydrogen-bond acceptors (Lipinski definition) is 4. The van der Waals surface area contributed by atoms with Crippen molar-refractivity contribution in [2.75, 3.05) is 11.4 Å². The van der Waals surface area contributed by atoms with Gasteiger partial charge in [0.15, 0.2) is 0 Å². The molecule has 2 atom stereocenters. The summed E-state index contributed by atoms with van der Waals surface area (Å²) in [5.74, 6) is 0.348. The predicted octanol–water partition coefficient (Wildman–Crippen LogP) is 10.3. The number of nitrogens with two attached hydrogens (primary N) is 1. The number of nitrogens with zero attached hydrogens (tertiary/aromatic N) is 1. The first-order valence-corrected chi connectivity index (χ1v) is 18.1. The lowest BCUT2D eigenvalue weighted by molar-refractivity contribution is 0.665. The highest BCUT2D eigenvalue weighted by Gasteiger charge is 2.23. The summed E-state index contributed by atoms with van der Waals surface area (Å²) >= 11 is 0. The standard InChI is InChI=1S/C46H48N4/c1-34-30-35(27-29-50(41-20-6-3-7-21-41)46-25-11-9-22-42(34)46)26-28-48-44-24-10-8-23-43(44)38-16-12-14-36(31-38)37-15-13-17-39(32-37)45(33-47)49-40-18-4-2-5-19-40/h2-7,9-12,14-16,18,20-22,24-28,30,32-33,36,40,48-49H,8,13,17,19,23,29,31,47H2,1H3/b28-26-,34-30+,35-27-,45-33-/t36?,40-/m0/s1. The van der Waals surface area contributed by atoms with Crippen LogP contribution in [0.5, 0.6) is 0 Å². The van der Waals surface area contributed by atoms with Crippen molar-refractivity contribution in [1.29, 1.82) is 0 Å². The van der Waals surface area contributed by atoms with Gasteiger partial charge in [-0.25, -0.2) is 0 Å². The molecule has 1 unspecified atom stereocenters. The molecule has 0 saturated heterocycles. The fourth-order valence-corrected chi connectivity index (χ4v) is 7.52. The maximum atomic E-state index is 6.15. The first-order valence-electron chi connectivity index (χ1n) is 18.1. The van der Waals surface area contributed by atoms with E-state index in [0.717, 1.165) is 50.8 Å². The Kier molecular flexibility index (Phi) is 10.5. The smallest absolute Gasteiger partial charge is 0.0535 e. The van der Waals surface area contributed by atoms with Gasteiger partial charge in [0.25, 0.3) is 0 Å². The van der Waals surface area contributed by atoms with Crippen molar-refractivity contribution >= 4 is 16.9 Å². The highest BCUT2D eigenvalue weighted by molar-refractivity contribution is 5.82. The van der Waals surface area contributed by atoms with E-state index in [0.29, 0.717) is 5.92 Å². The van der Waals surface area contributed by atoms with Crippen LogP contribution in [-0.2, 0) is 0 Å². The molecular weight excluding hydrogens is 609 g/mol. The highest BCUT2D eigenvalue weighted by Crippen LogP contribution is 2.38. The number of rotatable bonds is 9. The second-order valence-corrected chi connectivity index (χ2v) is 13.5. The lowest BCUT2D eigenvalue weighted by Gasteiger charge is -2.28. The minimum absolute atomic E-state index is 0.282. The van der Waals surface area contributed by atoms with Gasteiger partial charge in [0.1, 0.15) is 0 Å². The monoisotopic (exact) mass is 656 g/mol. The Labute approximate surface area is 298 Å². The summed E-state index contributed by atoms with van der Waals surface area (Å²) in [7, 11) is 0. The van der Waals surface area contributed by atoms with Crippen LogP contribution in [-0.4, -0.2) is 12.6 Å². The largest absolute Gasteiger partial charge is 0.403 e. The van der Waals surface area contributed by atoms with Crippen molar-refractivity contribution in [3.05, 3.63) is 197 Å². The topological polar surface area (TPSA) is 53.3 Å². The minimum Gasteiger partial charge on any atom is -0.403 e. The molecule has 1 heterocycles. The van der Waals surface area contributed by atoms with Gasteiger partial charge in [-0.15, -0.1) is 0 Å². The zero-order chi connectivity index (χ0) is 34.1. The molecule has 0 bridgehead atoms. The Bertz CT molecular complexity index is 1950. The maximum Gasteiger partial charge on any atom is 0.0535 e. The van der Waals surface area contributed by atoms with Gasteiger partial charge in [-0.2, -0.15) is 0 Å². The molecule has 4 N–H and O–H groups in total. The van der Waals surface area contributed by atoms with Gasteiger partial charge in [-0.3, -0.25) is 0 Å². The van der Waals surface area contributed by atoms with E-state index in [-0.39, 0.29) is 6.04 Å². The third-order valence-electron chi connectivity index (χ3n) is 10.1. The molecule has 2 aromatic carbocycles. The zero-order valence-electron chi connectivity index (χ0n) is 29.1. The fourth-order valence-electron chi connectivity index (χ4n) is 7.52. The minimum atomic E-state index is 0.282. The van der Waals surface area contributed by atoms with Crippen molar-refractivity contribution in [3.63, 3.8) is 0 Å². The first-order chi connectivity index (χ1) is 24.7. The zero-order valence-corrected chi connectivity index (χ0v) is 29.1. The van der Waals surface area contributed by atoms with Crippen molar-refractivity contribution < 1.29 is 0 Å². The van der Waals surface area contributed by atoms with E-state index >= 15 is 0 Å². The van der Waals surface area contributed by atoms with E-state index in [1.54, 1.807) is 6.20 Å². The van der Waals surface area contributed by atoms with Gasteiger partial charge in [0, 0.05) is 53.5 Å². The number of anilines is 2. The van der Waals surface area contributed by atoms with E-state index < -0.39 is 0 Å². The average molecular weight is 657 g/mol. The second kappa shape index (κ2) is 15.8. The predicted molar refractivity (Wildman–Crippen MR) is 212 cm³/mol. The molecule has 4 nitrogen and oxygen atoms in total. The van der Waals surface area contributed by atoms with Crippen LogP contribution in [0.1, 0.15) is 51.0 Å².